The van der Waals surface area contributed by atoms with Crippen molar-refractivity contribution < 1.29 is 9.84 Å². The Morgan fingerprint density at radius 1 is 1.40 bits per heavy atom. The number of hydrogen-bond donors (Lipinski definition) is 1. The van der Waals surface area contributed by atoms with E-state index in [1.807, 2.05) is 32.0 Å². The summed E-state index contributed by atoms with van der Waals surface area (Å²) in [4.78, 5) is 4.32. The minimum Gasteiger partial charge on any atom is -0.475 e. The van der Waals surface area contributed by atoms with Gasteiger partial charge in [0.05, 0.1) is 11.7 Å². The fourth-order valence-electron chi connectivity index (χ4n) is 1.31. The van der Waals surface area contributed by atoms with Crippen molar-refractivity contribution in [1.29, 1.82) is 0 Å². The molecule has 0 aliphatic rings. The second-order valence-electron chi connectivity index (χ2n) is 4.62. The Morgan fingerprint density at radius 2 is 2.07 bits per heavy atom. The number of hydrogen-bond acceptors (Lipinski definition) is 3. The third kappa shape index (κ3) is 4.79. The summed E-state index contributed by atoms with van der Waals surface area (Å²) in [5.41, 5.74) is 0.115. The molecule has 0 fully saturated rings. The van der Waals surface area contributed by atoms with Crippen LogP contribution in [0.15, 0.2) is 18.2 Å². The molecule has 1 heterocycles. The number of aromatic nitrogens is 1. The lowest BCUT2D eigenvalue weighted by atomic mass is 10.0. The molecule has 0 atom stereocenters. The highest BCUT2D eigenvalue weighted by Gasteiger charge is 2.14. The van der Waals surface area contributed by atoms with Crippen LogP contribution in [0.4, 0.5) is 0 Å². The predicted molar refractivity (Wildman–Crippen MR) is 60.0 cm³/mol. The van der Waals surface area contributed by atoms with Gasteiger partial charge in [0, 0.05) is 18.2 Å². The molecule has 0 saturated carbocycles. The van der Waals surface area contributed by atoms with Gasteiger partial charge < -0.3 is 9.84 Å². The molecule has 1 aromatic rings. The molecule has 84 valence electrons. The smallest absolute Gasteiger partial charge is 0.213 e. The van der Waals surface area contributed by atoms with Gasteiger partial charge in [0.2, 0.25) is 5.88 Å². The van der Waals surface area contributed by atoms with E-state index in [0.717, 1.165) is 5.69 Å². The maximum atomic E-state index is 9.66. The van der Waals surface area contributed by atoms with Crippen LogP contribution in [-0.2, 0) is 6.42 Å². The standard InChI is InChI=1S/C12H19NO2/c1-9(2)15-11-7-5-6-10(13-11)8-12(3,4)14/h5-7,9,14H,8H2,1-4H3. The fraction of sp³-hybridized carbons (Fsp3) is 0.583. The monoisotopic (exact) mass is 209 g/mol. The van der Waals surface area contributed by atoms with Crippen molar-refractivity contribution in [1.82, 2.24) is 4.98 Å². The van der Waals surface area contributed by atoms with Crippen LogP contribution in [0.1, 0.15) is 33.4 Å². The summed E-state index contributed by atoms with van der Waals surface area (Å²) in [5, 5.41) is 9.66. The van der Waals surface area contributed by atoms with Crippen molar-refractivity contribution >= 4 is 0 Å². The highest BCUT2D eigenvalue weighted by molar-refractivity contribution is 5.17. The minimum absolute atomic E-state index is 0.120. The largest absolute Gasteiger partial charge is 0.475 e. The van der Waals surface area contributed by atoms with Gasteiger partial charge in [-0.25, -0.2) is 4.98 Å². The minimum atomic E-state index is -0.733. The summed E-state index contributed by atoms with van der Waals surface area (Å²) >= 11 is 0. The first-order chi connectivity index (χ1) is 6.87. The van der Waals surface area contributed by atoms with Crippen LogP contribution in [0, 0.1) is 0 Å². The Labute approximate surface area is 91.1 Å². The number of nitrogens with zero attached hydrogens (tertiary/aromatic N) is 1. The van der Waals surface area contributed by atoms with Crippen molar-refractivity contribution in [2.45, 2.75) is 45.8 Å². The summed E-state index contributed by atoms with van der Waals surface area (Å²) in [5.74, 6) is 0.617. The van der Waals surface area contributed by atoms with E-state index < -0.39 is 5.60 Å². The molecule has 0 bridgehead atoms. The van der Waals surface area contributed by atoms with Crippen LogP contribution in [0.3, 0.4) is 0 Å². The molecule has 0 aliphatic heterocycles. The van der Waals surface area contributed by atoms with E-state index in [9.17, 15) is 5.11 Å². The van der Waals surface area contributed by atoms with Crippen LogP contribution in [0.25, 0.3) is 0 Å². The van der Waals surface area contributed by atoms with E-state index in [1.54, 1.807) is 13.8 Å². The van der Waals surface area contributed by atoms with Crippen molar-refractivity contribution in [2.24, 2.45) is 0 Å². The fourth-order valence-corrected chi connectivity index (χ4v) is 1.31. The molecule has 0 saturated heterocycles. The van der Waals surface area contributed by atoms with Crippen LogP contribution >= 0.6 is 0 Å². The van der Waals surface area contributed by atoms with Crippen molar-refractivity contribution in [2.75, 3.05) is 0 Å². The quantitative estimate of drug-likeness (QED) is 0.826. The van der Waals surface area contributed by atoms with E-state index in [2.05, 4.69) is 4.98 Å². The number of ether oxygens (including phenoxy) is 1. The Kier molecular flexibility index (Phi) is 3.69. The number of rotatable bonds is 4. The van der Waals surface area contributed by atoms with Gasteiger partial charge in [-0.1, -0.05) is 6.07 Å². The molecule has 0 radical (unpaired) electrons. The van der Waals surface area contributed by atoms with E-state index in [1.165, 1.54) is 0 Å². The summed E-state index contributed by atoms with van der Waals surface area (Å²) < 4.78 is 5.48. The topological polar surface area (TPSA) is 42.4 Å². The van der Waals surface area contributed by atoms with Gasteiger partial charge in [-0.05, 0) is 33.8 Å². The van der Waals surface area contributed by atoms with Gasteiger partial charge in [0.25, 0.3) is 0 Å². The zero-order chi connectivity index (χ0) is 11.5. The average molecular weight is 209 g/mol. The van der Waals surface area contributed by atoms with Crippen LogP contribution < -0.4 is 4.74 Å². The lowest BCUT2D eigenvalue weighted by Crippen LogP contribution is -2.22. The maximum Gasteiger partial charge on any atom is 0.213 e. The van der Waals surface area contributed by atoms with Crippen molar-refractivity contribution in [3.05, 3.63) is 23.9 Å². The zero-order valence-electron chi connectivity index (χ0n) is 9.82. The average Bonchev–Trinajstić information content (AvgIpc) is 1.99. The van der Waals surface area contributed by atoms with Crippen LogP contribution in [-0.4, -0.2) is 21.8 Å². The number of aliphatic hydroxyl groups is 1. The molecule has 15 heavy (non-hydrogen) atoms. The first kappa shape index (κ1) is 12.0. The van der Waals surface area contributed by atoms with Crippen molar-refractivity contribution in [3.8, 4) is 5.88 Å². The van der Waals surface area contributed by atoms with E-state index in [4.69, 9.17) is 4.74 Å². The molecule has 1 rings (SSSR count). The predicted octanol–water partition coefficient (Wildman–Crippen LogP) is 2.18. The van der Waals surface area contributed by atoms with Gasteiger partial charge in [0.15, 0.2) is 0 Å². The van der Waals surface area contributed by atoms with Gasteiger partial charge in [0.1, 0.15) is 0 Å². The third-order valence-electron chi connectivity index (χ3n) is 1.75. The summed E-state index contributed by atoms with van der Waals surface area (Å²) in [7, 11) is 0. The van der Waals surface area contributed by atoms with E-state index >= 15 is 0 Å². The van der Waals surface area contributed by atoms with Crippen molar-refractivity contribution in [3.63, 3.8) is 0 Å². The van der Waals surface area contributed by atoms with E-state index in [-0.39, 0.29) is 6.10 Å². The van der Waals surface area contributed by atoms with Crippen LogP contribution in [0.2, 0.25) is 0 Å². The molecule has 3 nitrogen and oxygen atoms in total. The second kappa shape index (κ2) is 4.62. The summed E-state index contributed by atoms with van der Waals surface area (Å²) in [6, 6.07) is 5.62. The second-order valence-corrected chi connectivity index (χ2v) is 4.62. The van der Waals surface area contributed by atoms with Gasteiger partial charge in [-0.3, -0.25) is 0 Å². The molecule has 3 heteroatoms. The molecule has 0 aliphatic carbocycles. The molecule has 1 aromatic heterocycles. The molecule has 1 N–H and O–H groups in total. The molecular formula is C12H19NO2. The van der Waals surface area contributed by atoms with Gasteiger partial charge in [-0.15, -0.1) is 0 Å². The lowest BCUT2D eigenvalue weighted by Gasteiger charge is -2.17. The molecule has 0 amide bonds. The SMILES string of the molecule is CC(C)Oc1cccc(CC(C)(C)O)n1. The van der Waals surface area contributed by atoms with Crippen LogP contribution in [0.5, 0.6) is 5.88 Å². The maximum absolute atomic E-state index is 9.66. The Morgan fingerprint density at radius 3 is 2.60 bits per heavy atom. The molecule has 0 aromatic carbocycles. The van der Waals surface area contributed by atoms with E-state index in [0.29, 0.717) is 12.3 Å². The lowest BCUT2D eigenvalue weighted by molar-refractivity contribution is 0.0797. The summed E-state index contributed by atoms with van der Waals surface area (Å²) in [6.07, 6.45) is 0.650. The molecular weight excluding hydrogens is 190 g/mol. The number of pyridine rings is 1. The third-order valence-corrected chi connectivity index (χ3v) is 1.75. The van der Waals surface area contributed by atoms with Gasteiger partial charge in [-0.2, -0.15) is 0 Å². The normalized spacial score (nSPS) is 11.9. The highest BCUT2D eigenvalue weighted by Crippen LogP contribution is 2.14. The Hall–Kier alpha value is -1.09. The first-order valence-corrected chi connectivity index (χ1v) is 5.22. The molecule has 0 spiro atoms. The highest BCUT2D eigenvalue weighted by atomic mass is 16.5. The Balaban J connectivity index is 2.74. The van der Waals surface area contributed by atoms with Gasteiger partial charge >= 0.3 is 0 Å². The summed E-state index contributed by atoms with van der Waals surface area (Å²) in [6.45, 7) is 7.46. The Bertz CT molecular complexity index is 316. The first-order valence-electron chi connectivity index (χ1n) is 5.22. The zero-order valence-corrected chi connectivity index (χ0v) is 9.82. The molecule has 0 unspecified atom stereocenters.